The lowest BCUT2D eigenvalue weighted by Crippen LogP contribution is -2.59. The first-order chi connectivity index (χ1) is 17.3. The summed E-state index contributed by atoms with van der Waals surface area (Å²) in [5.74, 6) is -5.28. The lowest BCUT2D eigenvalue weighted by Gasteiger charge is -2.26. The van der Waals surface area contributed by atoms with Crippen molar-refractivity contribution in [2.45, 2.75) is 82.1 Å². The van der Waals surface area contributed by atoms with Crippen molar-refractivity contribution in [2.24, 2.45) is 27.9 Å². The van der Waals surface area contributed by atoms with Gasteiger partial charge in [-0.1, -0.05) is 0 Å². The molecule has 5 unspecified atom stereocenters. The Hall–Kier alpha value is -3.50. The molecule has 14 N–H and O–H groups in total. The molecule has 0 rings (SSSR count). The Morgan fingerprint density at radius 2 is 1.46 bits per heavy atom. The summed E-state index contributed by atoms with van der Waals surface area (Å²) in [7, 11) is 0. The Bertz CT molecular complexity index is 803. The third-order valence-electron chi connectivity index (χ3n) is 5.21. The van der Waals surface area contributed by atoms with Crippen LogP contribution in [0.25, 0.3) is 0 Å². The molecule has 0 radical (unpaired) electrons. The van der Waals surface area contributed by atoms with Crippen molar-refractivity contribution in [3.8, 4) is 0 Å². The van der Waals surface area contributed by atoms with Gasteiger partial charge in [0, 0.05) is 13.0 Å². The summed E-state index contributed by atoms with van der Waals surface area (Å²) in [6.07, 6.45) is -0.683. The van der Waals surface area contributed by atoms with Gasteiger partial charge in [0.15, 0.2) is 5.96 Å². The van der Waals surface area contributed by atoms with Crippen LogP contribution in [-0.4, -0.2) is 94.3 Å². The molecule has 37 heavy (non-hydrogen) atoms. The fraction of sp³-hybridized carbons (Fsp3) is 0.714. The number of hydrogen-bond acceptors (Lipinski definition) is 9. The molecule has 0 saturated carbocycles. The SMILES string of the molecule is CC(O)C(NC(=O)C(N)CCCN=C(N)N)C(=O)NC(CCCCN)C(=O)NC(CCC(=O)O)C(=O)O. The zero-order valence-corrected chi connectivity index (χ0v) is 20.9. The van der Waals surface area contributed by atoms with E-state index in [0.717, 1.165) is 0 Å². The summed E-state index contributed by atoms with van der Waals surface area (Å²) in [4.78, 5) is 64.1. The molecule has 0 aliphatic carbocycles. The normalized spacial score (nSPS) is 14.8. The number of aliphatic imine (C=N–C) groups is 1. The molecule has 0 aliphatic heterocycles. The Balaban J connectivity index is 5.36. The maximum Gasteiger partial charge on any atom is 0.326 e. The van der Waals surface area contributed by atoms with Crippen molar-refractivity contribution in [2.75, 3.05) is 13.1 Å². The van der Waals surface area contributed by atoms with E-state index in [1.807, 2.05) is 0 Å². The minimum atomic E-state index is -1.50. The van der Waals surface area contributed by atoms with Gasteiger partial charge in [0.05, 0.1) is 12.1 Å². The number of nitrogens with one attached hydrogen (secondary N) is 3. The minimum Gasteiger partial charge on any atom is -0.481 e. The van der Waals surface area contributed by atoms with E-state index in [0.29, 0.717) is 25.8 Å². The Kier molecular flexibility index (Phi) is 16.2. The fourth-order valence-electron chi connectivity index (χ4n) is 3.14. The summed E-state index contributed by atoms with van der Waals surface area (Å²) in [5.41, 5.74) is 21.8. The zero-order valence-electron chi connectivity index (χ0n) is 20.9. The number of unbranched alkanes of at least 4 members (excludes halogenated alkanes) is 1. The maximum absolute atomic E-state index is 12.9. The molecule has 212 valence electrons. The highest BCUT2D eigenvalue weighted by Crippen LogP contribution is 2.06. The van der Waals surface area contributed by atoms with Gasteiger partial charge in [-0.05, 0) is 52.0 Å². The summed E-state index contributed by atoms with van der Waals surface area (Å²) < 4.78 is 0. The van der Waals surface area contributed by atoms with Gasteiger partial charge < -0.3 is 54.2 Å². The van der Waals surface area contributed by atoms with Crippen LogP contribution in [0.4, 0.5) is 0 Å². The summed E-state index contributed by atoms with van der Waals surface area (Å²) in [6.45, 7) is 1.81. The molecule has 0 aromatic heterocycles. The number of rotatable bonds is 19. The van der Waals surface area contributed by atoms with Gasteiger partial charge in [-0.15, -0.1) is 0 Å². The molecule has 0 aliphatic rings. The van der Waals surface area contributed by atoms with E-state index in [2.05, 4.69) is 20.9 Å². The maximum atomic E-state index is 12.9. The van der Waals surface area contributed by atoms with Crippen LogP contribution in [0.3, 0.4) is 0 Å². The molecule has 16 nitrogen and oxygen atoms in total. The third kappa shape index (κ3) is 14.6. The topological polar surface area (TPSA) is 299 Å². The number of nitrogens with two attached hydrogens (primary N) is 4. The standard InChI is InChI=1S/C21H40N8O8/c1-11(30)16(29-17(33)12(23)5-4-10-26-21(24)25)19(35)27-13(6-2-3-9-22)18(34)28-14(20(36)37)7-8-15(31)32/h11-14,16,30H,2-10,22-23H2,1H3,(H,27,35)(H,28,34)(H,29,33)(H,31,32)(H,36,37)(H4,24,25,26). The van der Waals surface area contributed by atoms with Crippen LogP contribution in [0.5, 0.6) is 0 Å². The first-order valence-corrected chi connectivity index (χ1v) is 11.8. The lowest BCUT2D eigenvalue weighted by atomic mass is 10.0. The second kappa shape index (κ2) is 17.9. The van der Waals surface area contributed by atoms with Crippen molar-refractivity contribution in [1.29, 1.82) is 0 Å². The largest absolute Gasteiger partial charge is 0.481 e. The van der Waals surface area contributed by atoms with E-state index in [4.69, 9.17) is 28.0 Å². The zero-order chi connectivity index (χ0) is 28.5. The molecule has 0 aromatic carbocycles. The predicted octanol–water partition coefficient (Wildman–Crippen LogP) is -3.72. The van der Waals surface area contributed by atoms with Crippen LogP contribution in [-0.2, 0) is 24.0 Å². The van der Waals surface area contributed by atoms with E-state index in [9.17, 15) is 34.2 Å². The third-order valence-corrected chi connectivity index (χ3v) is 5.21. The molecule has 16 heteroatoms. The van der Waals surface area contributed by atoms with Gasteiger partial charge in [-0.25, -0.2) is 4.79 Å². The summed E-state index contributed by atoms with van der Waals surface area (Å²) in [5, 5.41) is 35.2. The van der Waals surface area contributed by atoms with Gasteiger partial charge >= 0.3 is 11.9 Å². The molecule has 0 aromatic rings. The van der Waals surface area contributed by atoms with Crippen LogP contribution in [0.2, 0.25) is 0 Å². The summed E-state index contributed by atoms with van der Waals surface area (Å²) in [6, 6.07) is -5.24. The Morgan fingerprint density at radius 3 is 1.97 bits per heavy atom. The molecule has 5 atom stereocenters. The van der Waals surface area contributed by atoms with Crippen LogP contribution in [0.15, 0.2) is 4.99 Å². The average Bonchev–Trinajstić information content (AvgIpc) is 2.80. The Morgan fingerprint density at radius 1 is 0.838 bits per heavy atom. The molecule has 0 spiro atoms. The van der Waals surface area contributed by atoms with Crippen molar-refractivity contribution >= 4 is 35.6 Å². The molecule has 0 fully saturated rings. The van der Waals surface area contributed by atoms with E-state index in [1.54, 1.807) is 0 Å². The van der Waals surface area contributed by atoms with Gasteiger partial charge in [0.25, 0.3) is 0 Å². The van der Waals surface area contributed by atoms with E-state index < -0.39 is 66.4 Å². The van der Waals surface area contributed by atoms with Crippen molar-refractivity contribution in [1.82, 2.24) is 16.0 Å². The smallest absolute Gasteiger partial charge is 0.326 e. The number of amides is 3. The number of guanidine groups is 1. The van der Waals surface area contributed by atoms with Crippen LogP contribution >= 0.6 is 0 Å². The van der Waals surface area contributed by atoms with Crippen molar-refractivity contribution in [3.63, 3.8) is 0 Å². The molecule has 3 amide bonds. The van der Waals surface area contributed by atoms with E-state index in [1.165, 1.54) is 6.92 Å². The number of aliphatic carboxylic acids is 2. The first-order valence-electron chi connectivity index (χ1n) is 11.8. The van der Waals surface area contributed by atoms with Crippen LogP contribution in [0, 0.1) is 0 Å². The van der Waals surface area contributed by atoms with Crippen molar-refractivity contribution < 1.29 is 39.3 Å². The number of carboxylic acid groups (broad SMARTS) is 2. The summed E-state index contributed by atoms with van der Waals surface area (Å²) >= 11 is 0. The predicted molar refractivity (Wildman–Crippen MR) is 133 cm³/mol. The quantitative estimate of drug-likeness (QED) is 0.0436. The molecule has 0 bridgehead atoms. The number of hydrogen-bond donors (Lipinski definition) is 10. The number of carbonyl (C=O) groups is 5. The van der Waals surface area contributed by atoms with Crippen molar-refractivity contribution in [3.05, 3.63) is 0 Å². The van der Waals surface area contributed by atoms with Gasteiger partial charge in [-0.2, -0.15) is 0 Å². The highest BCUT2D eigenvalue weighted by Gasteiger charge is 2.32. The lowest BCUT2D eigenvalue weighted by molar-refractivity contribution is -0.143. The second-order valence-electron chi connectivity index (χ2n) is 8.46. The van der Waals surface area contributed by atoms with Gasteiger partial charge in [-0.3, -0.25) is 24.2 Å². The van der Waals surface area contributed by atoms with Gasteiger partial charge in [0.1, 0.15) is 18.1 Å². The first kappa shape index (κ1) is 33.5. The fourth-order valence-corrected chi connectivity index (χ4v) is 3.14. The number of carboxylic acids is 2. The molecular formula is C21H40N8O8. The minimum absolute atomic E-state index is 0.0742. The second-order valence-corrected chi connectivity index (χ2v) is 8.46. The molecular weight excluding hydrogens is 492 g/mol. The number of aliphatic hydroxyl groups excluding tert-OH is 1. The molecule has 0 heterocycles. The van der Waals surface area contributed by atoms with Gasteiger partial charge in [0.2, 0.25) is 17.7 Å². The van der Waals surface area contributed by atoms with E-state index >= 15 is 0 Å². The Labute approximate surface area is 214 Å². The van der Waals surface area contributed by atoms with E-state index in [-0.39, 0.29) is 31.8 Å². The number of carbonyl (C=O) groups excluding carboxylic acids is 3. The highest BCUT2D eigenvalue weighted by atomic mass is 16.4. The average molecular weight is 533 g/mol. The van der Waals surface area contributed by atoms with Crippen LogP contribution < -0.4 is 38.9 Å². The highest BCUT2D eigenvalue weighted by molar-refractivity contribution is 5.94. The monoisotopic (exact) mass is 532 g/mol. The number of nitrogens with zero attached hydrogens (tertiary/aromatic N) is 1. The van der Waals surface area contributed by atoms with Crippen LogP contribution in [0.1, 0.15) is 51.9 Å². The number of aliphatic hydroxyl groups is 1. The molecule has 0 saturated heterocycles.